The van der Waals surface area contributed by atoms with Crippen molar-refractivity contribution in [1.82, 2.24) is 4.98 Å². The number of aromatic nitrogens is 1. The summed E-state index contributed by atoms with van der Waals surface area (Å²) >= 11 is 3.39. The molecule has 0 spiro atoms. The van der Waals surface area contributed by atoms with Gasteiger partial charge in [0.2, 0.25) is 0 Å². The van der Waals surface area contributed by atoms with E-state index in [1.165, 1.54) is 4.90 Å². The van der Waals surface area contributed by atoms with Crippen molar-refractivity contribution in [2.45, 2.75) is 26.3 Å². The number of benzene rings is 1. The van der Waals surface area contributed by atoms with Gasteiger partial charge in [-0.2, -0.15) is 0 Å². The van der Waals surface area contributed by atoms with E-state index in [4.69, 9.17) is 0 Å². The number of carbonyl (C=O) groups is 1. The van der Waals surface area contributed by atoms with E-state index in [9.17, 15) is 9.90 Å². The van der Waals surface area contributed by atoms with E-state index in [1.54, 1.807) is 18.5 Å². The van der Waals surface area contributed by atoms with Crippen LogP contribution >= 0.6 is 15.9 Å². The number of hydrogen-bond acceptors (Lipinski definition) is 2. The third-order valence-corrected chi connectivity index (χ3v) is 3.44. The Hall–Kier alpha value is -1.88. The van der Waals surface area contributed by atoms with Gasteiger partial charge in [0.15, 0.2) is 0 Å². The van der Waals surface area contributed by atoms with Gasteiger partial charge in [-0.15, -0.1) is 0 Å². The second kappa shape index (κ2) is 5.85. The molecule has 2 rings (SSSR count). The molecule has 1 amide bonds. The molecule has 0 unspecified atom stereocenters. The highest BCUT2D eigenvalue weighted by molar-refractivity contribution is 9.10. The normalized spacial score (nSPS) is 11.2. The fourth-order valence-electron chi connectivity index (χ4n) is 2.18. The number of halogens is 1. The van der Waals surface area contributed by atoms with Crippen molar-refractivity contribution in [2.75, 3.05) is 4.90 Å². The second-order valence-electron chi connectivity index (χ2n) is 5.73. The van der Waals surface area contributed by atoms with Crippen molar-refractivity contribution >= 4 is 27.7 Å². The molecule has 0 radical (unpaired) electrons. The van der Waals surface area contributed by atoms with Crippen LogP contribution in [0.2, 0.25) is 0 Å². The summed E-state index contributed by atoms with van der Waals surface area (Å²) in [5.74, 6) is 0. The average Bonchev–Trinajstić information content (AvgIpc) is 2.37. The lowest BCUT2D eigenvalue weighted by Crippen LogP contribution is -2.45. The molecule has 21 heavy (non-hydrogen) atoms. The van der Waals surface area contributed by atoms with E-state index in [1.807, 2.05) is 45.0 Å². The van der Waals surface area contributed by atoms with Crippen molar-refractivity contribution in [3.63, 3.8) is 0 Å². The third kappa shape index (κ3) is 3.61. The topological polar surface area (TPSA) is 53.4 Å². The standard InChI is InChI=1S/C16H17BrN2O2/c1-16(2,3)19(15(20)21)14-6-4-5-11(8-14)12-7-13(17)10-18-9-12/h4-10H,1-3H3,(H,20,21). The lowest BCUT2D eigenvalue weighted by molar-refractivity contribution is 0.195. The zero-order valence-corrected chi connectivity index (χ0v) is 13.8. The lowest BCUT2D eigenvalue weighted by atomic mass is 10.0. The Bertz CT molecular complexity index is 665. The predicted molar refractivity (Wildman–Crippen MR) is 87.6 cm³/mol. The quantitative estimate of drug-likeness (QED) is 0.848. The smallest absolute Gasteiger partial charge is 0.412 e. The Morgan fingerprint density at radius 3 is 2.48 bits per heavy atom. The zero-order valence-electron chi connectivity index (χ0n) is 12.2. The number of anilines is 1. The highest BCUT2D eigenvalue weighted by Crippen LogP contribution is 2.29. The van der Waals surface area contributed by atoms with Gasteiger partial charge in [0, 0.05) is 33.7 Å². The van der Waals surface area contributed by atoms with E-state index < -0.39 is 11.6 Å². The van der Waals surface area contributed by atoms with Crippen LogP contribution in [0.1, 0.15) is 20.8 Å². The summed E-state index contributed by atoms with van der Waals surface area (Å²) in [6.07, 6.45) is 2.50. The Morgan fingerprint density at radius 1 is 1.19 bits per heavy atom. The van der Waals surface area contributed by atoms with Crippen LogP contribution in [0.5, 0.6) is 0 Å². The Labute approximate surface area is 132 Å². The van der Waals surface area contributed by atoms with Gasteiger partial charge in [-0.1, -0.05) is 12.1 Å². The van der Waals surface area contributed by atoms with E-state index >= 15 is 0 Å². The number of hydrogen-bond donors (Lipinski definition) is 1. The fraction of sp³-hybridized carbons (Fsp3) is 0.250. The second-order valence-corrected chi connectivity index (χ2v) is 6.65. The minimum atomic E-state index is -0.966. The monoisotopic (exact) mass is 348 g/mol. The molecular formula is C16H17BrN2O2. The van der Waals surface area contributed by atoms with Crippen molar-refractivity contribution in [1.29, 1.82) is 0 Å². The molecule has 0 bridgehead atoms. The molecular weight excluding hydrogens is 332 g/mol. The third-order valence-electron chi connectivity index (χ3n) is 3.00. The molecule has 0 aliphatic carbocycles. The molecule has 4 nitrogen and oxygen atoms in total. The molecule has 0 aliphatic heterocycles. The van der Waals surface area contributed by atoms with Gasteiger partial charge in [-0.3, -0.25) is 9.88 Å². The molecule has 0 fully saturated rings. The Balaban J connectivity index is 2.48. The van der Waals surface area contributed by atoms with Crippen LogP contribution in [-0.2, 0) is 0 Å². The first-order valence-electron chi connectivity index (χ1n) is 6.53. The maximum absolute atomic E-state index is 11.6. The zero-order chi connectivity index (χ0) is 15.6. The van der Waals surface area contributed by atoms with Crippen LogP contribution < -0.4 is 4.90 Å². The first-order valence-corrected chi connectivity index (χ1v) is 7.32. The highest BCUT2D eigenvalue weighted by atomic mass is 79.9. The number of carboxylic acid groups (broad SMARTS) is 1. The van der Waals surface area contributed by atoms with Crippen molar-refractivity contribution in [3.8, 4) is 11.1 Å². The summed E-state index contributed by atoms with van der Waals surface area (Å²) in [5, 5.41) is 9.47. The lowest BCUT2D eigenvalue weighted by Gasteiger charge is -2.33. The van der Waals surface area contributed by atoms with Crippen LogP contribution in [-0.4, -0.2) is 21.7 Å². The van der Waals surface area contributed by atoms with Crippen LogP contribution in [0.25, 0.3) is 11.1 Å². The number of amides is 1. The van der Waals surface area contributed by atoms with Crippen molar-refractivity contribution in [2.24, 2.45) is 0 Å². The first kappa shape index (κ1) is 15.5. The van der Waals surface area contributed by atoms with Gasteiger partial charge in [-0.25, -0.2) is 4.79 Å². The molecule has 1 heterocycles. The van der Waals surface area contributed by atoms with Gasteiger partial charge in [0.1, 0.15) is 0 Å². The maximum Gasteiger partial charge on any atom is 0.412 e. The van der Waals surface area contributed by atoms with E-state index in [-0.39, 0.29) is 0 Å². The van der Waals surface area contributed by atoms with Gasteiger partial charge < -0.3 is 5.11 Å². The molecule has 1 N–H and O–H groups in total. The van der Waals surface area contributed by atoms with Crippen molar-refractivity contribution < 1.29 is 9.90 Å². The number of nitrogens with zero attached hydrogens (tertiary/aromatic N) is 2. The van der Waals surface area contributed by atoms with E-state index in [0.29, 0.717) is 5.69 Å². The van der Waals surface area contributed by atoms with Gasteiger partial charge in [-0.05, 0) is 60.5 Å². The van der Waals surface area contributed by atoms with Gasteiger partial charge in [0.25, 0.3) is 0 Å². The average molecular weight is 349 g/mol. The summed E-state index contributed by atoms with van der Waals surface area (Å²) in [6, 6.07) is 9.41. The molecule has 1 aromatic carbocycles. The SMILES string of the molecule is CC(C)(C)N(C(=O)O)c1cccc(-c2cncc(Br)c2)c1. The largest absolute Gasteiger partial charge is 0.465 e. The molecule has 2 aromatic rings. The number of rotatable bonds is 2. The molecule has 0 atom stereocenters. The van der Waals surface area contributed by atoms with E-state index in [0.717, 1.165) is 15.6 Å². The molecule has 0 aliphatic rings. The van der Waals surface area contributed by atoms with Gasteiger partial charge >= 0.3 is 6.09 Å². The molecule has 0 saturated carbocycles. The summed E-state index contributed by atoms with van der Waals surface area (Å²) < 4.78 is 0.885. The maximum atomic E-state index is 11.6. The summed E-state index contributed by atoms with van der Waals surface area (Å²) in [4.78, 5) is 17.1. The number of pyridine rings is 1. The molecule has 0 saturated heterocycles. The Kier molecular flexibility index (Phi) is 4.32. The highest BCUT2D eigenvalue weighted by Gasteiger charge is 2.27. The predicted octanol–water partition coefficient (Wildman–Crippen LogP) is 4.79. The molecule has 1 aromatic heterocycles. The summed E-state index contributed by atoms with van der Waals surface area (Å²) in [7, 11) is 0. The van der Waals surface area contributed by atoms with Gasteiger partial charge in [0.05, 0.1) is 0 Å². The summed E-state index contributed by atoms with van der Waals surface area (Å²) in [5.41, 5.74) is 2.00. The molecule has 5 heteroatoms. The van der Waals surface area contributed by atoms with Crippen LogP contribution in [0.3, 0.4) is 0 Å². The van der Waals surface area contributed by atoms with Crippen LogP contribution in [0.15, 0.2) is 47.2 Å². The summed E-state index contributed by atoms with van der Waals surface area (Å²) in [6.45, 7) is 5.61. The Morgan fingerprint density at radius 2 is 1.90 bits per heavy atom. The minimum Gasteiger partial charge on any atom is -0.465 e. The fourth-order valence-corrected chi connectivity index (χ4v) is 2.54. The first-order chi connectivity index (χ1) is 9.79. The van der Waals surface area contributed by atoms with E-state index in [2.05, 4.69) is 20.9 Å². The molecule has 110 valence electrons. The minimum absolute atomic E-state index is 0.514. The van der Waals surface area contributed by atoms with Crippen molar-refractivity contribution in [3.05, 3.63) is 47.2 Å². The van der Waals surface area contributed by atoms with Crippen LogP contribution in [0.4, 0.5) is 10.5 Å². The van der Waals surface area contributed by atoms with Crippen LogP contribution in [0, 0.1) is 0 Å².